The fraction of sp³-hybridized carbons (Fsp3) is 0.312. The van der Waals surface area contributed by atoms with Gasteiger partial charge >= 0.3 is 0 Å². The minimum atomic E-state index is -0.0471. The lowest BCUT2D eigenvalue weighted by Crippen LogP contribution is -2.27. The third-order valence-electron chi connectivity index (χ3n) is 3.37. The molecule has 8 nitrogen and oxygen atoms in total. The van der Waals surface area contributed by atoms with Gasteiger partial charge in [0.25, 0.3) is 0 Å². The van der Waals surface area contributed by atoms with Crippen LogP contribution < -0.4 is 10.6 Å². The molecule has 3 aromatic heterocycles. The first kappa shape index (κ1) is 18.3. The largest absolute Gasteiger partial charge is 0.355 e. The average Bonchev–Trinajstić information content (AvgIpc) is 3.21. The zero-order chi connectivity index (χ0) is 18.4. The Kier molecular flexibility index (Phi) is 6.18. The summed E-state index contributed by atoms with van der Waals surface area (Å²) in [7, 11) is 1.89. The summed E-state index contributed by atoms with van der Waals surface area (Å²) in [5.41, 5.74) is 1.86. The van der Waals surface area contributed by atoms with Gasteiger partial charge in [0.15, 0.2) is 10.3 Å². The Morgan fingerprint density at radius 1 is 1.42 bits per heavy atom. The molecule has 0 unspecified atom stereocenters. The lowest BCUT2D eigenvalue weighted by molar-refractivity contribution is -0.120. The van der Waals surface area contributed by atoms with Crippen molar-refractivity contribution < 1.29 is 4.79 Å². The van der Waals surface area contributed by atoms with E-state index in [1.807, 2.05) is 36.1 Å². The molecule has 26 heavy (non-hydrogen) atoms. The molecule has 3 heterocycles. The quantitative estimate of drug-likeness (QED) is 0.450. The van der Waals surface area contributed by atoms with Gasteiger partial charge in [0.1, 0.15) is 12.1 Å². The van der Waals surface area contributed by atoms with Crippen molar-refractivity contribution in [3.05, 3.63) is 41.3 Å². The Morgan fingerprint density at radius 2 is 2.31 bits per heavy atom. The maximum atomic E-state index is 12.0. The molecule has 0 saturated heterocycles. The minimum absolute atomic E-state index is 0.0471. The lowest BCUT2D eigenvalue weighted by atomic mass is 10.3. The number of pyridine rings is 1. The molecule has 0 aromatic carbocycles. The zero-order valence-electron chi connectivity index (χ0n) is 14.5. The third kappa shape index (κ3) is 5.27. The monoisotopic (exact) mass is 389 g/mol. The molecule has 10 heteroatoms. The van der Waals surface area contributed by atoms with Crippen molar-refractivity contribution in [2.75, 3.05) is 17.6 Å². The van der Waals surface area contributed by atoms with Gasteiger partial charge < -0.3 is 15.2 Å². The number of rotatable bonds is 8. The predicted molar refractivity (Wildman–Crippen MR) is 103 cm³/mol. The van der Waals surface area contributed by atoms with E-state index in [0.29, 0.717) is 6.54 Å². The molecule has 2 N–H and O–H groups in total. The predicted octanol–water partition coefficient (Wildman–Crippen LogP) is 2.17. The highest BCUT2D eigenvalue weighted by atomic mass is 32.2. The number of carbonyl (C=O) groups excluding carboxylic acids is 1. The van der Waals surface area contributed by atoms with Gasteiger partial charge in [0, 0.05) is 30.9 Å². The van der Waals surface area contributed by atoms with E-state index in [0.717, 1.165) is 33.1 Å². The second kappa shape index (κ2) is 8.77. The molecule has 0 aliphatic rings. The summed E-state index contributed by atoms with van der Waals surface area (Å²) >= 11 is 3.01. The van der Waals surface area contributed by atoms with Crippen LogP contribution >= 0.6 is 23.1 Å². The van der Waals surface area contributed by atoms with E-state index in [2.05, 4.69) is 30.8 Å². The third-order valence-corrected chi connectivity index (χ3v) is 5.21. The van der Waals surface area contributed by atoms with Crippen molar-refractivity contribution in [2.24, 2.45) is 7.05 Å². The summed E-state index contributed by atoms with van der Waals surface area (Å²) in [6, 6.07) is 3.88. The van der Waals surface area contributed by atoms with E-state index in [-0.39, 0.29) is 12.3 Å². The van der Waals surface area contributed by atoms with Gasteiger partial charge in [-0.2, -0.15) is 0 Å². The molecule has 0 spiro atoms. The zero-order valence-corrected chi connectivity index (χ0v) is 16.1. The van der Waals surface area contributed by atoms with E-state index in [9.17, 15) is 4.79 Å². The molecule has 0 atom stereocenters. The number of nitrogens with one attached hydrogen (secondary N) is 2. The number of hydrogen-bond donors (Lipinski definition) is 2. The van der Waals surface area contributed by atoms with Gasteiger partial charge in [-0.1, -0.05) is 11.8 Å². The summed E-state index contributed by atoms with van der Waals surface area (Å²) in [5.74, 6) is 1.44. The number of thioether (sulfide) groups is 1. The lowest BCUT2D eigenvalue weighted by Gasteiger charge is -2.04. The first-order chi connectivity index (χ1) is 12.6. The number of nitrogens with zero attached hydrogens (tertiary/aromatic N) is 5. The highest BCUT2D eigenvalue weighted by Crippen LogP contribution is 2.20. The van der Waals surface area contributed by atoms with Crippen molar-refractivity contribution in [3.8, 4) is 0 Å². The second-order valence-electron chi connectivity index (χ2n) is 5.59. The van der Waals surface area contributed by atoms with E-state index in [1.165, 1.54) is 11.3 Å². The molecule has 3 aromatic rings. The molecule has 0 aliphatic heterocycles. The van der Waals surface area contributed by atoms with Gasteiger partial charge in [0.2, 0.25) is 5.91 Å². The van der Waals surface area contributed by atoms with E-state index < -0.39 is 0 Å². The fourth-order valence-corrected chi connectivity index (χ4v) is 3.58. The summed E-state index contributed by atoms with van der Waals surface area (Å²) < 4.78 is 1.85. The number of aromatic nitrogens is 5. The molecule has 0 aliphatic carbocycles. The highest BCUT2D eigenvalue weighted by molar-refractivity contribution is 7.99. The van der Waals surface area contributed by atoms with Crippen molar-refractivity contribution >= 4 is 40.0 Å². The normalized spacial score (nSPS) is 10.7. The Labute approximate surface area is 159 Å². The van der Waals surface area contributed by atoms with Crippen molar-refractivity contribution in [2.45, 2.75) is 18.5 Å². The molecule has 0 radical (unpaired) electrons. The number of amides is 1. The SMILES string of the molecule is Cc1ccnc(Nc2nc(CC(=O)NCCSc3nncn3C)cs2)c1. The average molecular weight is 390 g/mol. The van der Waals surface area contributed by atoms with Crippen LogP contribution in [0.15, 0.2) is 35.2 Å². The van der Waals surface area contributed by atoms with Crippen LogP contribution in [-0.4, -0.2) is 42.9 Å². The molecule has 3 rings (SSSR count). The molecular formula is C16H19N7OS2. The van der Waals surface area contributed by atoms with Crippen molar-refractivity contribution in [1.29, 1.82) is 0 Å². The topological polar surface area (TPSA) is 97.6 Å². The van der Waals surface area contributed by atoms with Crippen LogP contribution in [0.4, 0.5) is 10.9 Å². The minimum Gasteiger partial charge on any atom is -0.355 e. The van der Waals surface area contributed by atoms with Crippen LogP contribution in [0.5, 0.6) is 0 Å². The Morgan fingerprint density at radius 3 is 3.08 bits per heavy atom. The summed E-state index contributed by atoms with van der Waals surface area (Å²) in [6.07, 6.45) is 3.66. The highest BCUT2D eigenvalue weighted by Gasteiger charge is 2.09. The Hall–Kier alpha value is -2.46. The number of aryl methyl sites for hydroxylation is 2. The van der Waals surface area contributed by atoms with Gasteiger partial charge in [-0.3, -0.25) is 4.79 Å². The summed E-state index contributed by atoms with van der Waals surface area (Å²) in [6.45, 7) is 2.58. The van der Waals surface area contributed by atoms with Gasteiger partial charge in [-0.05, 0) is 24.6 Å². The molecule has 0 saturated carbocycles. The summed E-state index contributed by atoms with van der Waals surface area (Å²) in [5, 5.41) is 17.3. The molecule has 136 valence electrons. The molecule has 0 bridgehead atoms. The second-order valence-corrected chi connectivity index (χ2v) is 7.51. The summed E-state index contributed by atoms with van der Waals surface area (Å²) in [4.78, 5) is 20.7. The number of hydrogen-bond acceptors (Lipinski definition) is 8. The Bertz CT molecular complexity index is 877. The number of thiazole rings is 1. The first-order valence-electron chi connectivity index (χ1n) is 7.98. The maximum Gasteiger partial charge on any atom is 0.226 e. The maximum absolute atomic E-state index is 12.0. The number of carbonyl (C=O) groups is 1. The Balaban J connectivity index is 1.42. The molecule has 1 amide bonds. The van der Waals surface area contributed by atoms with Crippen molar-refractivity contribution in [3.63, 3.8) is 0 Å². The van der Waals surface area contributed by atoms with Crippen molar-refractivity contribution in [1.82, 2.24) is 30.0 Å². The van der Waals surface area contributed by atoms with Gasteiger partial charge in [-0.15, -0.1) is 21.5 Å². The van der Waals surface area contributed by atoms with Gasteiger partial charge in [0.05, 0.1) is 12.1 Å². The van der Waals surface area contributed by atoms with Crippen LogP contribution in [0.1, 0.15) is 11.3 Å². The van der Waals surface area contributed by atoms with Crippen LogP contribution in [0.2, 0.25) is 0 Å². The molecular weight excluding hydrogens is 370 g/mol. The number of anilines is 2. The van der Waals surface area contributed by atoms with E-state index in [1.54, 1.807) is 24.3 Å². The first-order valence-corrected chi connectivity index (χ1v) is 9.84. The van der Waals surface area contributed by atoms with E-state index >= 15 is 0 Å². The van der Waals surface area contributed by atoms with Crippen LogP contribution in [0, 0.1) is 6.92 Å². The van der Waals surface area contributed by atoms with Gasteiger partial charge in [-0.25, -0.2) is 9.97 Å². The standard InChI is InChI=1S/C16H19N7OS2/c1-11-3-4-17-13(7-11)21-15-20-12(9-26-15)8-14(24)18-5-6-25-16-22-19-10-23(16)2/h3-4,7,9-10H,5-6,8H2,1-2H3,(H,18,24)(H,17,20,21). The van der Waals surface area contributed by atoms with E-state index in [4.69, 9.17) is 0 Å². The van der Waals surface area contributed by atoms with Crippen LogP contribution in [-0.2, 0) is 18.3 Å². The smallest absolute Gasteiger partial charge is 0.226 e. The van der Waals surface area contributed by atoms with Crippen LogP contribution in [0.3, 0.4) is 0 Å². The fourth-order valence-electron chi connectivity index (χ4n) is 2.12. The molecule has 0 fully saturated rings. The van der Waals surface area contributed by atoms with Crippen LogP contribution in [0.25, 0.3) is 0 Å².